The normalized spacial score (nSPS) is 10.8. The Morgan fingerprint density at radius 3 is 2.67 bits per heavy atom. The number of hydrogen-bond acceptors (Lipinski definition) is 3. The first-order valence-electron chi connectivity index (χ1n) is 6.64. The van der Waals surface area contributed by atoms with Gasteiger partial charge in [0, 0.05) is 11.3 Å². The van der Waals surface area contributed by atoms with Crippen molar-refractivity contribution in [3.8, 4) is 11.6 Å². The number of aryl methyl sites for hydroxylation is 2. The van der Waals surface area contributed by atoms with Crippen molar-refractivity contribution in [3.63, 3.8) is 0 Å². The molecule has 0 spiro atoms. The second-order valence-electron chi connectivity index (χ2n) is 4.71. The Bertz CT molecular complexity index is 705. The van der Waals surface area contributed by atoms with Crippen LogP contribution in [0.4, 0.5) is 0 Å². The van der Waals surface area contributed by atoms with Crippen LogP contribution in [-0.4, -0.2) is 16.1 Å². The van der Waals surface area contributed by atoms with Gasteiger partial charge in [0.05, 0.1) is 0 Å². The van der Waals surface area contributed by atoms with Gasteiger partial charge in [0.2, 0.25) is 5.88 Å². The van der Waals surface area contributed by atoms with E-state index >= 15 is 0 Å². The number of carboxylic acids is 1. The molecule has 0 fully saturated rings. The maximum absolute atomic E-state index is 11.4. The lowest BCUT2D eigenvalue weighted by Gasteiger charge is -2.12. The standard InChI is InChI=1S/C17H17NO3/c1-4-7-13-8-5-6-9-14(13)21-16-15(17(19)20)11(2)10-12(3)18-16/h4-10H,1-3H3,(H,19,20)/b7-4+. The molecule has 0 bridgehead atoms. The fraction of sp³-hybridized carbons (Fsp3) is 0.176. The van der Waals surface area contributed by atoms with Crippen molar-refractivity contribution in [3.05, 3.63) is 58.8 Å². The van der Waals surface area contributed by atoms with E-state index in [1.54, 1.807) is 19.1 Å². The molecule has 21 heavy (non-hydrogen) atoms. The summed E-state index contributed by atoms with van der Waals surface area (Å²) in [6, 6.07) is 9.16. The van der Waals surface area contributed by atoms with Gasteiger partial charge in [-0.15, -0.1) is 0 Å². The van der Waals surface area contributed by atoms with Crippen molar-refractivity contribution in [1.82, 2.24) is 4.98 Å². The van der Waals surface area contributed by atoms with E-state index in [0.29, 0.717) is 11.3 Å². The monoisotopic (exact) mass is 283 g/mol. The van der Waals surface area contributed by atoms with E-state index in [9.17, 15) is 9.90 Å². The molecule has 0 saturated heterocycles. The van der Waals surface area contributed by atoms with Crippen LogP contribution in [0.1, 0.15) is 34.1 Å². The molecule has 0 unspecified atom stereocenters. The van der Waals surface area contributed by atoms with Gasteiger partial charge in [-0.2, -0.15) is 0 Å². The summed E-state index contributed by atoms with van der Waals surface area (Å²) >= 11 is 0. The molecular weight excluding hydrogens is 266 g/mol. The van der Waals surface area contributed by atoms with Gasteiger partial charge in [-0.1, -0.05) is 30.4 Å². The quantitative estimate of drug-likeness (QED) is 0.912. The molecule has 2 rings (SSSR count). The van der Waals surface area contributed by atoms with E-state index in [2.05, 4.69) is 4.98 Å². The minimum absolute atomic E-state index is 0.0934. The molecule has 1 aromatic carbocycles. The number of carboxylic acid groups (broad SMARTS) is 1. The summed E-state index contributed by atoms with van der Waals surface area (Å²) in [6.07, 6.45) is 3.80. The first-order chi connectivity index (χ1) is 10.0. The summed E-state index contributed by atoms with van der Waals surface area (Å²) in [7, 11) is 0. The summed E-state index contributed by atoms with van der Waals surface area (Å²) in [5.41, 5.74) is 2.32. The van der Waals surface area contributed by atoms with E-state index in [4.69, 9.17) is 4.74 Å². The molecule has 0 saturated carbocycles. The van der Waals surface area contributed by atoms with Crippen molar-refractivity contribution in [2.45, 2.75) is 20.8 Å². The lowest BCUT2D eigenvalue weighted by atomic mass is 10.1. The second kappa shape index (κ2) is 6.22. The highest BCUT2D eigenvalue weighted by molar-refractivity contribution is 5.92. The summed E-state index contributed by atoms with van der Waals surface area (Å²) in [5, 5.41) is 9.35. The van der Waals surface area contributed by atoms with E-state index in [-0.39, 0.29) is 11.4 Å². The largest absolute Gasteiger partial charge is 0.477 e. The van der Waals surface area contributed by atoms with Gasteiger partial charge in [0.25, 0.3) is 0 Å². The highest BCUT2D eigenvalue weighted by Crippen LogP contribution is 2.29. The van der Waals surface area contributed by atoms with Crippen molar-refractivity contribution in [1.29, 1.82) is 0 Å². The molecule has 0 aliphatic heterocycles. The van der Waals surface area contributed by atoms with Gasteiger partial charge in [-0.25, -0.2) is 9.78 Å². The molecule has 1 N–H and O–H groups in total. The Hall–Kier alpha value is -2.62. The number of ether oxygens (including phenoxy) is 1. The fourth-order valence-electron chi connectivity index (χ4n) is 2.13. The summed E-state index contributed by atoms with van der Waals surface area (Å²) in [4.78, 5) is 15.6. The summed E-state index contributed by atoms with van der Waals surface area (Å²) in [5.74, 6) is -0.342. The number of para-hydroxylation sites is 1. The van der Waals surface area contributed by atoms with Gasteiger partial charge < -0.3 is 9.84 Å². The average molecular weight is 283 g/mol. The van der Waals surface area contributed by atoms with Gasteiger partial charge >= 0.3 is 5.97 Å². The van der Waals surface area contributed by atoms with Crippen molar-refractivity contribution < 1.29 is 14.6 Å². The molecule has 1 heterocycles. The van der Waals surface area contributed by atoms with Crippen LogP contribution in [0.25, 0.3) is 6.08 Å². The Balaban J connectivity index is 2.52. The third-order valence-electron chi connectivity index (χ3n) is 3.00. The van der Waals surface area contributed by atoms with Crippen LogP contribution < -0.4 is 4.74 Å². The zero-order valence-electron chi connectivity index (χ0n) is 12.3. The molecule has 0 atom stereocenters. The maximum Gasteiger partial charge on any atom is 0.341 e. The highest BCUT2D eigenvalue weighted by Gasteiger charge is 2.18. The SMILES string of the molecule is C/C=C/c1ccccc1Oc1nc(C)cc(C)c1C(=O)O. The second-order valence-corrected chi connectivity index (χ2v) is 4.71. The lowest BCUT2D eigenvalue weighted by Crippen LogP contribution is -2.06. The Morgan fingerprint density at radius 1 is 1.29 bits per heavy atom. The zero-order chi connectivity index (χ0) is 15.4. The predicted molar refractivity (Wildman–Crippen MR) is 81.9 cm³/mol. The maximum atomic E-state index is 11.4. The molecular formula is C17H17NO3. The summed E-state index contributed by atoms with van der Waals surface area (Å²) < 4.78 is 5.77. The van der Waals surface area contributed by atoms with E-state index in [1.165, 1.54) is 0 Å². The van der Waals surface area contributed by atoms with E-state index in [1.807, 2.05) is 44.2 Å². The molecule has 1 aromatic heterocycles. The van der Waals surface area contributed by atoms with Gasteiger partial charge in [-0.3, -0.25) is 0 Å². The zero-order valence-corrected chi connectivity index (χ0v) is 12.3. The van der Waals surface area contributed by atoms with Crippen molar-refractivity contribution in [2.75, 3.05) is 0 Å². The van der Waals surface area contributed by atoms with Crippen LogP contribution in [0.2, 0.25) is 0 Å². The minimum Gasteiger partial charge on any atom is -0.477 e. The van der Waals surface area contributed by atoms with Gasteiger partial charge in [0.15, 0.2) is 0 Å². The van der Waals surface area contributed by atoms with E-state index in [0.717, 1.165) is 11.3 Å². The first-order valence-corrected chi connectivity index (χ1v) is 6.64. The van der Waals surface area contributed by atoms with Crippen molar-refractivity contribution >= 4 is 12.0 Å². The molecule has 4 heteroatoms. The number of rotatable bonds is 4. The number of aromatic nitrogens is 1. The van der Waals surface area contributed by atoms with Gasteiger partial charge in [0.1, 0.15) is 11.3 Å². The molecule has 108 valence electrons. The topological polar surface area (TPSA) is 59.4 Å². The third-order valence-corrected chi connectivity index (χ3v) is 3.00. The molecule has 0 amide bonds. The number of aromatic carboxylic acids is 1. The molecule has 0 aliphatic rings. The fourth-order valence-corrected chi connectivity index (χ4v) is 2.13. The Labute approximate surface area is 123 Å². The van der Waals surface area contributed by atoms with Crippen LogP contribution >= 0.6 is 0 Å². The number of allylic oxidation sites excluding steroid dienone is 1. The minimum atomic E-state index is -1.04. The molecule has 2 aromatic rings. The third kappa shape index (κ3) is 3.28. The van der Waals surface area contributed by atoms with Gasteiger partial charge in [-0.05, 0) is 38.5 Å². The first kappa shape index (κ1) is 14.8. The van der Waals surface area contributed by atoms with Crippen LogP contribution in [0.3, 0.4) is 0 Å². The van der Waals surface area contributed by atoms with Crippen LogP contribution in [-0.2, 0) is 0 Å². The Kier molecular flexibility index (Phi) is 4.38. The van der Waals surface area contributed by atoms with Crippen LogP contribution in [0, 0.1) is 13.8 Å². The van der Waals surface area contributed by atoms with Crippen LogP contribution in [0.15, 0.2) is 36.4 Å². The average Bonchev–Trinajstić information content (AvgIpc) is 2.40. The number of pyridine rings is 1. The number of carbonyl (C=O) groups is 1. The lowest BCUT2D eigenvalue weighted by molar-refractivity contribution is 0.0692. The molecule has 4 nitrogen and oxygen atoms in total. The number of benzene rings is 1. The van der Waals surface area contributed by atoms with Crippen LogP contribution in [0.5, 0.6) is 11.6 Å². The predicted octanol–water partition coefficient (Wildman–Crippen LogP) is 4.22. The highest BCUT2D eigenvalue weighted by atomic mass is 16.5. The molecule has 0 radical (unpaired) electrons. The number of hydrogen-bond donors (Lipinski definition) is 1. The van der Waals surface area contributed by atoms with Crippen molar-refractivity contribution in [2.24, 2.45) is 0 Å². The number of nitrogens with zero attached hydrogens (tertiary/aromatic N) is 1. The smallest absolute Gasteiger partial charge is 0.341 e. The Morgan fingerprint density at radius 2 is 2.00 bits per heavy atom. The van der Waals surface area contributed by atoms with E-state index < -0.39 is 5.97 Å². The molecule has 0 aliphatic carbocycles. The summed E-state index contributed by atoms with van der Waals surface area (Å²) in [6.45, 7) is 5.46.